The molecule has 1 rings (SSSR count). The van der Waals surface area contributed by atoms with E-state index in [1.54, 1.807) is 18.2 Å². The molecule has 1 nitrogen and oxygen atoms in total. The minimum Gasteiger partial charge on any atom is -0.326 e. The first-order valence-electron chi connectivity index (χ1n) is 5.13. The lowest BCUT2D eigenvalue weighted by Crippen LogP contribution is -2.16. The minimum atomic E-state index is -2.32. The molecule has 1 unspecified atom stereocenters. The quantitative estimate of drug-likeness (QED) is 0.816. The first-order valence-corrected chi connectivity index (χ1v) is 5.13. The predicted molar refractivity (Wildman–Crippen MR) is 57.9 cm³/mol. The van der Waals surface area contributed by atoms with Crippen molar-refractivity contribution in [2.45, 2.75) is 32.7 Å². The molecule has 0 spiro atoms. The van der Waals surface area contributed by atoms with Crippen molar-refractivity contribution in [1.82, 2.24) is 0 Å². The highest BCUT2D eigenvalue weighted by Crippen LogP contribution is 2.31. The van der Waals surface area contributed by atoms with Gasteiger partial charge in [0.25, 0.3) is 0 Å². The van der Waals surface area contributed by atoms with Gasteiger partial charge in [0.05, 0.1) is 0 Å². The molecular weight excluding hydrogens is 196 g/mol. The maximum absolute atomic E-state index is 12.8. The van der Waals surface area contributed by atoms with Gasteiger partial charge in [0, 0.05) is 12.5 Å². The van der Waals surface area contributed by atoms with Crippen molar-refractivity contribution < 1.29 is 8.78 Å². The normalized spacial score (nSPS) is 13.5. The van der Waals surface area contributed by atoms with E-state index in [1.807, 2.05) is 19.9 Å². The number of alkyl halides is 2. The van der Waals surface area contributed by atoms with Gasteiger partial charge in [-0.15, -0.1) is 0 Å². The van der Waals surface area contributed by atoms with Gasteiger partial charge < -0.3 is 5.73 Å². The second-order valence-electron chi connectivity index (χ2n) is 4.05. The van der Waals surface area contributed by atoms with Crippen molar-refractivity contribution in [2.24, 2.45) is 11.7 Å². The Labute approximate surface area is 89.3 Å². The topological polar surface area (TPSA) is 26.0 Å². The molecule has 2 N–H and O–H groups in total. The highest BCUT2D eigenvalue weighted by molar-refractivity contribution is 5.27. The van der Waals surface area contributed by atoms with Crippen LogP contribution < -0.4 is 5.73 Å². The smallest absolute Gasteiger partial charge is 0.245 e. The van der Waals surface area contributed by atoms with Gasteiger partial charge in [0.2, 0.25) is 6.43 Å². The van der Waals surface area contributed by atoms with Gasteiger partial charge in [-0.3, -0.25) is 0 Å². The van der Waals surface area contributed by atoms with E-state index in [2.05, 4.69) is 0 Å². The zero-order valence-corrected chi connectivity index (χ0v) is 9.08. The van der Waals surface area contributed by atoms with Crippen LogP contribution in [0.25, 0.3) is 0 Å². The number of hydrogen-bond acceptors (Lipinski definition) is 1. The molecule has 0 aliphatic rings. The Bertz CT molecular complexity index is 302. The lowest BCUT2D eigenvalue weighted by molar-refractivity contribution is 0.0934. The molecule has 1 atom stereocenters. The van der Waals surface area contributed by atoms with Crippen molar-refractivity contribution in [3.8, 4) is 0 Å². The minimum absolute atomic E-state index is 0.0713. The van der Waals surface area contributed by atoms with E-state index in [0.717, 1.165) is 5.56 Å². The molecule has 0 radical (unpaired) electrons. The molecule has 1 aromatic carbocycles. The van der Waals surface area contributed by atoms with Crippen LogP contribution in [0.15, 0.2) is 24.3 Å². The summed E-state index contributed by atoms with van der Waals surface area (Å²) in [5, 5.41) is 0. The summed E-state index contributed by atoms with van der Waals surface area (Å²) in [5.74, 6) is -0.769. The molecule has 1 aromatic rings. The number of benzene rings is 1. The number of nitrogens with two attached hydrogens (primary N) is 1. The molecule has 0 aliphatic heterocycles. The molecule has 0 saturated carbocycles. The van der Waals surface area contributed by atoms with Crippen molar-refractivity contribution in [2.75, 3.05) is 0 Å². The van der Waals surface area contributed by atoms with Crippen LogP contribution in [0, 0.1) is 5.92 Å². The van der Waals surface area contributed by atoms with E-state index in [4.69, 9.17) is 5.73 Å². The highest BCUT2D eigenvalue weighted by Gasteiger charge is 2.25. The van der Waals surface area contributed by atoms with E-state index in [0.29, 0.717) is 12.1 Å². The van der Waals surface area contributed by atoms with Crippen molar-refractivity contribution in [3.05, 3.63) is 35.4 Å². The molecule has 0 fully saturated rings. The summed E-state index contributed by atoms with van der Waals surface area (Å²) in [5.41, 5.74) is 7.07. The van der Waals surface area contributed by atoms with Crippen LogP contribution in [0.4, 0.5) is 8.78 Å². The van der Waals surface area contributed by atoms with Crippen LogP contribution in [0.5, 0.6) is 0 Å². The zero-order chi connectivity index (χ0) is 11.4. The maximum Gasteiger partial charge on any atom is 0.245 e. The van der Waals surface area contributed by atoms with Gasteiger partial charge in [0.1, 0.15) is 0 Å². The molecule has 0 saturated heterocycles. The second-order valence-corrected chi connectivity index (χ2v) is 4.05. The van der Waals surface area contributed by atoms with Crippen LogP contribution in [0.3, 0.4) is 0 Å². The summed E-state index contributed by atoms with van der Waals surface area (Å²) < 4.78 is 25.7. The third-order valence-electron chi connectivity index (χ3n) is 2.56. The van der Waals surface area contributed by atoms with Crippen LogP contribution in [-0.4, -0.2) is 6.43 Å². The lowest BCUT2D eigenvalue weighted by atomic mass is 9.88. The third kappa shape index (κ3) is 2.99. The van der Waals surface area contributed by atoms with Gasteiger partial charge in [-0.25, -0.2) is 8.78 Å². The Morgan fingerprint density at radius 1 is 1.27 bits per heavy atom. The standard InChI is InChI=1S/C12H17F2N/c1-8(2)11(12(13)14)10-5-3-4-9(6-10)7-15/h3-6,8,11-12H,7,15H2,1-2H3. The average molecular weight is 213 g/mol. The third-order valence-corrected chi connectivity index (χ3v) is 2.56. The molecule has 0 heterocycles. The molecule has 0 bridgehead atoms. The van der Waals surface area contributed by atoms with E-state index in [-0.39, 0.29) is 5.92 Å². The van der Waals surface area contributed by atoms with E-state index in [9.17, 15) is 8.78 Å². The monoisotopic (exact) mass is 213 g/mol. The molecule has 84 valence electrons. The maximum atomic E-state index is 12.8. The van der Waals surface area contributed by atoms with Crippen molar-refractivity contribution >= 4 is 0 Å². The summed E-state index contributed by atoms with van der Waals surface area (Å²) in [7, 11) is 0. The molecule has 15 heavy (non-hydrogen) atoms. The fourth-order valence-corrected chi connectivity index (χ4v) is 1.75. The van der Waals surface area contributed by atoms with Crippen LogP contribution in [-0.2, 0) is 6.54 Å². The van der Waals surface area contributed by atoms with Crippen molar-refractivity contribution in [3.63, 3.8) is 0 Å². The first-order chi connectivity index (χ1) is 7.06. The number of rotatable bonds is 4. The average Bonchev–Trinajstić information content (AvgIpc) is 2.17. The molecule has 0 aromatic heterocycles. The van der Waals surface area contributed by atoms with Gasteiger partial charge in [-0.05, 0) is 17.0 Å². The fourth-order valence-electron chi connectivity index (χ4n) is 1.75. The Morgan fingerprint density at radius 3 is 2.40 bits per heavy atom. The van der Waals surface area contributed by atoms with Crippen LogP contribution >= 0.6 is 0 Å². The summed E-state index contributed by atoms with van der Waals surface area (Å²) >= 11 is 0. The fraction of sp³-hybridized carbons (Fsp3) is 0.500. The first kappa shape index (κ1) is 12.1. The molecular formula is C12H17F2N. The van der Waals surface area contributed by atoms with Crippen LogP contribution in [0.2, 0.25) is 0 Å². The predicted octanol–water partition coefficient (Wildman–Crippen LogP) is 3.15. The van der Waals surface area contributed by atoms with Crippen molar-refractivity contribution in [1.29, 1.82) is 0 Å². The molecule has 3 heteroatoms. The van der Waals surface area contributed by atoms with Gasteiger partial charge >= 0.3 is 0 Å². The van der Waals surface area contributed by atoms with E-state index < -0.39 is 12.3 Å². The second kappa shape index (κ2) is 5.21. The van der Waals surface area contributed by atoms with Gasteiger partial charge in [-0.1, -0.05) is 38.1 Å². The summed E-state index contributed by atoms with van der Waals surface area (Å²) in [6.45, 7) is 4.01. The summed E-state index contributed by atoms with van der Waals surface area (Å²) in [6, 6.07) is 7.16. The van der Waals surface area contributed by atoms with E-state index >= 15 is 0 Å². The Morgan fingerprint density at radius 2 is 1.93 bits per heavy atom. The Kier molecular flexibility index (Phi) is 4.21. The number of hydrogen-bond donors (Lipinski definition) is 1. The summed E-state index contributed by atoms with van der Waals surface area (Å²) in [4.78, 5) is 0. The Balaban J connectivity index is 3.00. The number of halogens is 2. The lowest BCUT2D eigenvalue weighted by Gasteiger charge is -2.20. The van der Waals surface area contributed by atoms with E-state index in [1.165, 1.54) is 0 Å². The summed E-state index contributed by atoms with van der Waals surface area (Å²) in [6.07, 6.45) is -2.32. The van der Waals surface area contributed by atoms with Gasteiger partial charge in [0.15, 0.2) is 0 Å². The molecule has 0 amide bonds. The SMILES string of the molecule is CC(C)C(c1cccc(CN)c1)C(F)F. The highest BCUT2D eigenvalue weighted by atomic mass is 19.3. The van der Waals surface area contributed by atoms with Crippen LogP contribution in [0.1, 0.15) is 30.9 Å². The largest absolute Gasteiger partial charge is 0.326 e. The molecule has 0 aliphatic carbocycles. The zero-order valence-electron chi connectivity index (χ0n) is 9.08. The Hall–Kier alpha value is -0.960. The van der Waals surface area contributed by atoms with Gasteiger partial charge in [-0.2, -0.15) is 0 Å².